The zero-order chi connectivity index (χ0) is 14.6. The van der Waals surface area contributed by atoms with Crippen LogP contribution in [0.4, 0.5) is 8.78 Å². The fourth-order valence-corrected chi connectivity index (χ4v) is 1.42. The molecule has 0 spiro atoms. The number of hydrogen-bond acceptors (Lipinski definition) is 5. The lowest BCUT2D eigenvalue weighted by Crippen LogP contribution is -2.50. The third kappa shape index (κ3) is 3.25. The van der Waals surface area contributed by atoms with Crippen LogP contribution in [0.15, 0.2) is 21.9 Å². The Morgan fingerprint density at radius 1 is 1.58 bits per heavy atom. The molecule has 0 aromatic carbocycles. The number of halogens is 2. The van der Waals surface area contributed by atoms with E-state index in [2.05, 4.69) is 0 Å². The zero-order valence-corrected chi connectivity index (χ0v) is 10.0. The number of ether oxygens (including phenoxy) is 1. The lowest BCUT2D eigenvalue weighted by atomic mass is 10.1. The van der Waals surface area contributed by atoms with E-state index in [1.54, 1.807) is 0 Å². The summed E-state index contributed by atoms with van der Waals surface area (Å²) in [5, 5.41) is 17.8. The van der Waals surface area contributed by atoms with Crippen LogP contribution in [0.3, 0.4) is 0 Å². The third-order valence-corrected chi connectivity index (χ3v) is 2.58. The van der Waals surface area contributed by atoms with Gasteiger partial charge in [0.15, 0.2) is 5.60 Å². The average Bonchev–Trinajstić information content (AvgIpc) is 2.35. The summed E-state index contributed by atoms with van der Waals surface area (Å²) in [6, 6.07) is 1.02. The Labute approximate surface area is 106 Å². The highest BCUT2D eigenvalue weighted by molar-refractivity contribution is 4.86. The Bertz CT molecular complexity index is 523. The molecule has 19 heavy (non-hydrogen) atoms. The van der Waals surface area contributed by atoms with Gasteiger partial charge in [-0.05, 0) is 6.92 Å². The van der Waals surface area contributed by atoms with Crippen LogP contribution in [0.5, 0.6) is 0 Å². The van der Waals surface area contributed by atoms with E-state index in [0.29, 0.717) is 0 Å². The summed E-state index contributed by atoms with van der Waals surface area (Å²) in [5.41, 5.74) is -3.97. The van der Waals surface area contributed by atoms with Gasteiger partial charge in [-0.15, -0.1) is 0 Å². The van der Waals surface area contributed by atoms with Crippen LogP contribution in [0, 0.1) is 0 Å². The Morgan fingerprint density at radius 3 is 2.63 bits per heavy atom. The van der Waals surface area contributed by atoms with Crippen molar-refractivity contribution < 1.29 is 23.7 Å². The van der Waals surface area contributed by atoms with E-state index < -0.39 is 42.7 Å². The van der Waals surface area contributed by atoms with Crippen LogP contribution < -0.4 is 11.2 Å². The fraction of sp³-hybridized carbons (Fsp3) is 0.600. The Morgan fingerprint density at radius 2 is 2.21 bits per heavy atom. The molecular formula is C10H14F2N2O5. The van der Waals surface area contributed by atoms with Crippen molar-refractivity contribution in [1.82, 2.24) is 9.55 Å². The number of nitrogens with zero attached hydrogens (tertiary/aromatic N) is 1. The summed E-state index contributed by atoms with van der Waals surface area (Å²) in [5.74, 6) is 0. The van der Waals surface area contributed by atoms with Crippen LogP contribution in [-0.2, 0) is 4.74 Å². The maximum Gasteiger partial charge on any atom is 0.330 e. The summed E-state index contributed by atoms with van der Waals surface area (Å²) >= 11 is 0. The highest BCUT2D eigenvalue weighted by Crippen LogP contribution is 2.23. The van der Waals surface area contributed by atoms with Crippen molar-refractivity contribution in [2.24, 2.45) is 0 Å². The van der Waals surface area contributed by atoms with E-state index in [-0.39, 0.29) is 0 Å². The van der Waals surface area contributed by atoms with Crippen LogP contribution in [0.2, 0.25) is 0 Å². The molecule has 1 aromatic heterocycles. The molecule has 1 rings (SSSR count). The highest BCUT2D eigenvalue weighted by atomic mass is 19.2. The molecule has 3 atom stereocenters. The number of aliphatic hydroxyl groups is 2. The first-order valence-electron chi connectivity index (χ1n) is 5.34. The van der Waals surface area contributed by atoms with Crippen LogP contribution in [0.25, 0.3) is 0 Å². The van der Waals surface area contributed by atoms with Crippen molar-refractivity contribution in [3.05, 3.63) is 33.1 Å². The highest BCUT2D eigenvalue weighted by Gasteiger charge is 2.41. The normalized spacial score (nSPS) is 17.7. The van der Waals surface area contributed by atoms with Gasteiger partial charge in [0.1, 0.15) is 12.9 Å². The van der Waals surface area contributed by atoms with E-state index in [1.807, 2.05) is 4.98 Å². The largest absolute Gasteiger partial charge is 0.393 e. The van der Waals surface area contributed by atoms with Crippen molar-refractivity contribution in [2.75, 3.05) is 13.3 Å². The topological polar surface area (TPSA) is 105 Å². The Balaban J connectivity index is 3.03. The lowest BCUT2D eigenvalue weighted by molar-refractivity contribution is -0.232. The van der Waals surface area contributed by atoms with Gasteiger partial charge in [-0.25, -0.2) is 13.6 Å². The number of aromatic nitrogens is 2. The predicted molar refractivity (Wildman–Crippen MR) is 60.0 cm³/mol. The average molecular weight is 280 g/mol. The van der Waals surface area contributed by atoms with E-state index in [4.69, 9.17) is 14.9 Å². The minimum Gasteiger partial charge on any atom is -0.393 e. The molecule has 0 saturated heterocycles. The van der Waals surface area contributed by atoms with Gasteiger partial charge >= 0.3 is 5.69 Å². The first kappa shape index (κ1) is 15.5. The molecule has 0 aliphatic heterocycles. The molecule has 1 heterocycles. The second-order valence-electron chi connectivity index (χ2n) is 3.93. The van der Waals surface area contributed by atoms with Crippen molar-refractivity contribution in [2.45, 2.75) is 25.1 Å². The molecule has 3 N–H and O–H groups in total. The zero-order valence-electron chi connectivity index (χ0n) is 10.0. The maximum atomic E-state index is 12.9. The van der Waals surface area contributed by atoms with Gasteiger partial charge in [0.25, 0.3) is 5.56 Å². The van der Waals surface area contributed by atoms with E-state index in [9.17, 15) is 18.4 Å². The molecule has 9 heteroatoms. The van der Waals surface area contributed by atoms with Crippen LogP contribution in [0.1, 0.15) is 13.2 Å². The van der Waals surface area contributed by atoms with Crippen molar-refractivity contribution in [3.8, 4) is 0 Å². The Hall–Kier alpha value is -1.58. The summed E-state index contributed by atoms with van der Waals surface area (Å²) in [4.78, 5) is 24.2. The van der Waals surface area contributed by atoms with Crippen molar-refractivity contribution >= 4 is 0 Å². The number of hydrogen-bond donors (Lipinski definition) is 3. The van der Waals surface area contributed by atoms with Gasteiger partial charge in [-0.3, -0.25) is 14.3 Å². The van der Waals surface area contributed by atoms with Crippen LogP contribution >= 0.6 is 0 Å². The molecule has 0 saturated carbocycles. The predicted octanol–water partition coefficient (Wildman–Crippen LogP) is -0.940. The summed E-state index contributed by atoms with van der Waals surface area (Å²) < 4.78 is 31.5. The molecule has 0 amide bonds. The molecular weight excluding hydrogens is 266 g/mol. The van der Waals surface area contributed by atoms with Gasteiger partial charge in [0.2, 0.25) is 6.36 Å². The number of aliphatic hydroxyl groups excluding tert-OH is 2. The number of rotatable bonds is 6. The minimum absolute atomic E-state index is 0.641. The van der Waals surface area contributed by atoms with Crippen LogP contribution in [-0.4, -0.2) is 45.0 Å². The molecule has 0 aliphatic carbocycles. The maximum absolute atomic E-state index is 12.9. The van der Waals surface area contributed by atoms with Gasteiger partial charge < -0.3 is 14.9 Å². The molecule has 0 fully saturated rings. The molecule has 7 nitrogen and oxygen atoms in total. The smallest absolute Gasteiger partial charge is 0.330 e. The summed E-state index contributed by atoms with van der Waals surface area (Å²) in [7, 11) is 0. The summed E-state index contributed by atoms with van der Waals surface area (Å²) in [6.07, 6.45) is -2.92. The van der Waals surface area contributed by atoms with Gasteiger partial charge in [-0.2, -0.15) is 0 Å². The van der Waals surface area contributed by atoms with E-state index in [1.165, 1.54) is 6.92 Å². The summed E-state index contributed by atoms with van der Waals surface area (Å²) in [6.45, 7) is -1.35. The SMILES string of the molecule is C[C@@H](OC(CO)(CF)[C@@H](O)F)n1ccc(=O)[nH]c1=O. The van der Waals surface area contributed by atoms with Gasteiger partial charge in [-0.1, -0.05) is 0 Å². The van der Waals surface area contributed by atoms with E-state index in [0.717, 1.165) is 16.8 Å². The molecule has 1 unspecified atom stereocenters. The van der Waals surface area contributed by atoms with Crippen molar-refractivity contribution in [3.63, 3.8) is 0 Å². The first-order chi connectivity index (χ1) is 8.86. The second-order valence-corrected chi connectivity index (χ2v) is 3.93. The fourth-order valence-electron chi connectivity index (χ4n) is 1.42. The van der Waals surface area contributed by atoms with Gasteiger partial charge in [0.05, 0.1) is 6.61 Å². The monoisotopic (exact) mass is 280 g/mol. The molecule has 0 radical (unpaired) electrons. The molecule has 108 valence electrons. The number of H-pyrrole nitrogens is 1. The standard InChI is InChI=1S/C10H14F2N2O5/c1-6(14-3-2-7(16)13-9(14)18)19-10(4-11,5-15)8(12)17/h2-3,6,8,15,17H,4-5H2,1H3,(H,13,16,18)/t6-,8-,10?/m1/s1. The Kier molecular flexibility index (Phi) is 4.92. The number of nitrogens with one attached hydrogen (secondary N) is 1. The first-order valence-corrected chi connectivity index (χ1v) is 5.34. The molecule has 0 bridgehead atoms. The molecule has 0 aliphatic rings. The number of aromatic amines is 1. The van der Waals surface area contributed by atoms with E-state index >= 15 is 0 Å². The van der Waals surface area contributed by atoms with Gasteiger partial charge in [0, 0.05) is 12.3 Å². The second kappa shape index (κ2) is 6.04. The third-order valence-electron chi connectivity index (χ3n) is 2.58. The molecule has 1 aromatic rings. The van der Waals surface area contributed by atoms with Crippen molar-refractivity contribution in [1.29, 1.82) is 0 Å². The minimum atomic E-state index is -2.77. The lowest BCUT2D eigenvalue weighted by Gasteiger charge is -2.32. The quantitative estimate of drug-likeness (QED) is 0.624. The number of alkyl halides is 2.